The van der Waals surface area contributed by atoms with Crippen molar-refractivity contribution in [1.82, 2.24) is 0 Å². The van der Waals surface area contributed by atoms with Gasteiger partial charge in [0.15, 0.2) is 0 Å². The molecule has 3 aromatic rings. The number of phenolic OH excluding ortho intramolecular Hbond substituents is 1. The Bertz CT molecular complexity index is 741. The molecule has 0 fully saturated rings. The van der Waals surface area contributed by atoms with Gasteiger partial charge in [-0.2, -0.15) is 0 Å². The van der Waals surface area contributed by atoms with E-state index in [4.69, 9.17) is 0 Å². The fraction of sp³-hybridized carbons (Fsp3) is 0.130. The van der Waals surface area contributed by atoms with E-state index in [1.165, 1.54) is 16.7 Å². The zero-order valence-corrected chi connectivity index (χ0v) is 14.3. The highest BCUT2D eigenvalue weighted by Crippen LogP contribution is 2.31. The van der Waals surface area contributed by atoms with Gasteiger partial charge in [0.25, 0.3) is 0 Å². The molecule has 24 heavy (non-hydrogen) atoms. The molecular formula is C23H24O. The molecule has 0 saturated carbocycles. The van der Waals surface area contributed by atoms with E-state index in [1.54, 1.807) is 12.1 Å². The summed E-state index contributed by atoms with van der Waals surface area (Å²) in [6.45, 7) is 8.01. The molecule has 0 aliphatic carbocycles. The van der Waals surface area contributed by atoms with Crippen molar-refractivity contribution in [2.75, 3.05) is 0 Å². The summed E-state index contributed by atoms with van der Waals surface area (Å²) in [6.07, 6.45) is 1.83. The van der Waals surface area contributed by atoms with E-state index < -0.39 is 0 Å². The molecule has 0 atom stereocenters. The van der Waals surface area contributed by atoms with Crippen molar-refractivity contribution in [2.45, 2.75) is 19.3 Å². The molecule has 0 saturated heterocycles. The van der Waals surface area contributed by atoms with Crippen LogP contribution in [-0.4, -0.2) is 5.11 Å². The van der Waals surface area contributed by atoms with E-state index in [0.29, 0.717) is 5.75 Å². The van der Waals surface area contributed by atoms with Crippen LogP contribution in [0.15, 0.2) is 91.5 Å². The highest BCUT2D eigenvalue weighted by Gasteiger charge is 2.22. The fourth-order valence-electron chi connectivity index (χ4n) is 2.49. The molecule has 0 spiro atoms. The topological polar surface area (TPSA) is 20.2 Å². The monoisotopic (exact) mass is 316 g/mol. The predicted molar refractivity (Wildman–Crippen MR) is 103 cm³/mol. The molecule has 122 valence electrons. The molecule has 0 unspecified atom stereocenters. The summed E-state index contributed by atoms with van der Waals surface area (Å²) >= 11 is 0. The minimum absolute atomic E-state index is 0.0328. The Labute approximate surface area is 144 Å². The molecule has 0 aliphatic rings. The lowest BCUT2D eigenvalue weighted by Crippen LogP contribution is -2.18. The Kier molecular flexibility index (Phi) is 5.97. The van der Waals surface area contributed by atoms with Crippen LogP contribution >= 0.6 is 0 Å². The third kappa shape index (κ3) is 4.60. The Morgan fingerprint density at radius 2 is 1.17 bits per heavy atom. The van der Waals surface area contributed by atoms with Crippen molar-refractivity contribution in [3.8, 4) is 5.75 Å². The molecule has 0 heterocycles. The van der Waals surface area contributed by atoms with E-state index in [-0.39, 0.29) is 5.41 Å². The van der Waals surface area contributed by atoms with E-state index >= 15 is 0 Å². The molecule has 3 rings (SSSR count). The molecule has 3 aromatic carbocycles. The van der Waals surface area contributed by atoms with Crippen LogP contribution in [0.3, 0.4) is 0 Å². The second-order valence-electron chi connectivity index (χ2n) is 6.15. The fourth-order valence-corrected chi connectivity index (χ4v) is 2.49. The summed E-state index contributed by atoms with van der Waals surface area (Å²) in [5.74, 6) is 0.313. The summed E-state index contributed by atoms with van der Waals surface area (Å²) in [6, 6.07) is 27.8. The van der Waals surface area contributed by atoms with E-state index in [0.717, 1.165) is 0 Å². The lowest BCUT2D eigenvalue weighted by Gasteiger charge is -2.26. The van der Waals surface area contributed by atoms with Gasteiger partial charge in [-0.3, -0.25) is 0 Å². The highest BCUT2D eigenvalue weighted by atomic mass is 16.3. The van der Waals surface area contributed by atoms with Crippen LogP contribution in [0.4, 0.5) is 0 Å². The maximum absolute atomic E-state index is 9.29. The number of rotatable bonds is 3. The van der Waals surface area contributed by atoms with Crippen molar-refractivity contribution >= 4 is 6.08 Å². The van der Waals surface area contributed by atoms with Crippen LogP contribution in [0, 0.1) is 0 Å². The third-order valence-electron chi connectivity index (χ3n) is 4.12. The highest BCUT2D eigenvalue weighted by molar-refractivity contribution is 5.45. The van der Waals surface area contributed by atoms with Crippen molar-refractivity contribution in [1.29, 1.82) is 0 Å². The first-order chi connectivity index (χ1) is 11.5. The van der Waals surface area contributed by atoms with E-state index in [9.17, 15) is 5.11 Å². The summed E-state index contributed by atoms with van der Waals surface area (Å²) in [7, 11) is 0. The van der Waals surface area contributed by atoms with Gasteiger partial charge in [-0.05, 0) is 28.8 Å². The molecule has 0 aromatic heterocycles. The second kappa shape index (κ2) is 8.16. The standard InChI is InChI=1S/C15H16O.C8H8/c1-15(2,12-6-4-3-5-7-12)13-8-10-14(16)11-9-13;1-2-8-6-4-3-5-7-8/h3-11,16H,1-2H3;2-7H,1H2. The van der Waals surface area contributed by atoms with Crippen LogP contribution in [0.5, 0.6) is 5.75 Å². The van der Waals surface area contributed by atoms with Gasteiger partial charge >= 0.3 is 0 Å². The Hall–Kier alpha value is -2.80. The number of phenols is 1. The number of benzene rings is 3. The van der Waals surface area contributed by atoms with Crippen molar-refractivity contribution in [2.24, 2.45) is 0 Å². The van der Waals surface area contributed by atoms with Gasteiger partial charge in [0.05, 0.1) is 0 Å². The van der Waals surface area contributed by atoms with Crippen LogP contribution in [-0.2, 0) is 5.41 Å². The van der Waals surface area contributed by atoms with Gasteiger partial charge in [0.1, 0.15) is 5.75 Å². The van der Waals surface area contributed by atoms with E-state index in [1.807, 2.05) is 54.6 Å². The van der Waals surface area contributed by atoms with Gasteiger partial charge in [0.2, 0.25) is 0 Å². The molecule has 1 heteroatoms. The second-order valence-corrected chi connectivity index (χ2v) is 6.15. The summed E-state index contributed by atoms with van der Waals surface area (Å²) in [4.78, 5) is 0. The molecule has 0 bridgehead atoms. The van der Waals surface area contributed by atoms with Crippen molar-refractivity contribution in [3.05, 3.63) is 108 Å². The number of hydrogen-bond acceptors (Lipinski definition) is 1. The number of hydrogen-bond donors (Lipinski definition) is 1. The lowest BCUT2D eigenvalue weighted by molar-refractivity contribution is 0.474. The maximum atomic E-state index is 9.29. The van der Waals surface area contributed by atoms with E-state index in [2.05, 4.69) is 44.7 Å². The molecule has 0 amide bonds. The SMILES string of the molecule is C=Cc1ccccc1.CC(C)(c1ccccc1)c1ccc(O)cc1. The zero-order valence-electron chi connectivity index (χ0n) is 14.3. The summed E-state index contributed by atoms with van der Waals surface area (Å²) in [5.41, 5.74) is 3.62. The molecule has 1 nitrogen and oxygen atoms in total. The van der Waals surface area contributed by atoms with Crippen molar-refractivity contribution in [3.63, 3.8) is 0 Å². The minimum Gasteiger partial charge on any atom is -0.508 e. The predicted octanol–water partition coefficient (Wildman–Crippen LogP) is 6.05. The molecule has 0 radical (unpaired) electrons. The van der Waals surface area contributed by atoms with Gasteiger partial charge < -0.3 is 5.11 Å². The maximum Gasteiger partial charge on any atom is 0.115 e. The van der Waals surface area contributed by atoms with Crippen LogP contribution < -0.4 is 0 Å². The largest absolute Gasteiger partial charge is 0.508 e. The van der Waals surface area contributed by atoms with Gasteiger partial charge in [0, 0.05) is 5.41 Å². The Morgan fingerprint density at radius 3 is 1.62 bits per heavy atom. The van der Waals surface area contributed by atoms with Crippen LogP contribution in [0.1, 0.15) is 30.5 Å². The summed E-state index contributed by atoms with van der Waals surface area (Å²) in [5, 5.41) is 9.29. The zero-order chi connectivity index (χ0) is 17.4. The lowest BCUT2D eigenvalue weighted by atomic mass is 9.78. The third-order valence-corrected chi connectivity index (χ3v) is 4.12. The smallest absolute Gasteiger partial charge is 0.115 e. The normalized spacial score (nSPS) is 10.4. The quantitative estimate of drug-likeness (QED) is 0.624. The first-order valence-corrected chi connectivity index (χ1v) is 8.06. The van der Waals surface area contributed by atoms with Crippen molar-refractivity contribution < 1.29 is 5.11 Å². The van der Waals surface area contributed by atoms with Crippen LogP contribution in [0.25, 0.3) is 6.08 Å². The van der Waals surface area contributed by atoms with Gasteiger partial charge in [-0.1, -0.05) is 99.3 Å². The first kappa shape index (κ1) is 17.6. The van der Waals surface area contributed by atoms with Crippen LogP contribution in [0.2, 0.25) is 0 Å². The van der Waals surface area contributed by atoms with Gasteiger partial charge in [-0.25, -0.2) is 0 Å². The number of aromatic hydroxyl groups is 1. The molecule has 1 N–H and O–H groups in total. The summed E-state index contributed by atoms with van der Waals surface area (Å²) < 4.78 is 0. The van der Waals surface area contributed by atoms with Gasteiger partial charge in [-0.15, -0.1) is 0 Å². The molecule has 0 aliphatic heterocycles. The Morgan fingerprint density at radius 1 is 0.708 bits per heavy atom. The Balaban J connectivity index is 0.000000219. The average Bonchev–Trinajstić information content (AvgIpc) is 2.64. The minimum atomic E-state index is -0.0328. The first-order valence-electron chi connectivity index (χ1n) is 8.06. The molecular weight excluding hydrogens is 292 g/mol. The average molecular weight is 316 g/mol.